The maximum Gasteiger partial charge on any atom is 0.261 e. The molecular formula is C12H13N5O2. The Morgan fingerprint density at radius 1 is 1.53 bits per heavy atom. The van der Waals surface area contributed by atoms with Gasteiger partial charge in [-0.2, -0.15) is 10.2 Å². The molecule has 0 unspecified atom stereocenters. The molecule has 0 radical (unpaired) electrons. The van der Waals surface area contributed by atoms with Gasteiger partial charge < -0.3 is 4.74 Å². The molecule has 0 aliphatic rings. The average molecular weight is 259 g/mol. The number of methoxy groups -OCH3 is 1. The Balaban J connectivity index is 1.91. The van der Waals surface area contributed by atoms with Gasteiger partial charge in [-0.25, -0.2) is 15.1 Å². The number of nitrogens with zero attached hydrogens (tertiary/aromatic N) is 4. The van der Waals surface area contributed by atoms with Crippen molar-refractivity contribution in [2.75, 3.05) is 7.11 Å². The fraction of sp³-hybridized carbons (Fsp3) is 0.167. The van der Waals surface area contributed by atoms with E-state index < -0.39 is 0 Å². The normalized spacial score (nSPS) is 10.6. The molecule has 1 aromatic heterocycles. The number of para-hydroxylation sites is 1. The molecule has 0 bridgehead atoms. The SMILES string of the molecule is COc1ccccc1/C=N/NC(=O)Cn1cncn1. The Morgan fingerprint density at radius 3 is 3.11 bits per heavy atom. The second kappa shape index (κ2) is 6.29. The van der Waals surface area contributed by atoms with Gasteiger partial charge in [-0.3, -0.25) is 4.79 Å². The highest BCUT2D eigenvalue weighted by Crippen LogP contribution is 2.14. The number of aromatic nitrogens is 3. The van der Waals surface area contributed by atoms with E-state index in [-0.39, 0.29) is 12.5 Å². The number of carbonyl (C=O) groups is 1. The molecule has 98 valence electrons. The van der Waals surface area contributed by atoms with Crippen molar-refractivity contribution in [3.63, 3.8) is 0 Å². The van der Waals surface area contributed by atoms with Crippen molar-refractivity contribution in [2.24, 2.45) is 5.10 Å². The molecule has 19 heavy (non-hydrogen) atoms. The summed E-state index contributed by atoms with van der Waals surface area (Å²) in [6.07, 6.45) is 4.35. The van der Waals surface area contributed by atoms with Crippen LogP contribution in [0.1, 0.15) is 5.56 Å². The first-order valence-electron chi connectivity index (χ1n) is 5.57. The predicted molar refractivity (Wildman–Crippen MR) is 68.8 cm³/mol. The molecule has 1 aromatic carbocycles. The van der Waals surface area contributed by atoms with Gasteiger partial charge in [0.1, 0.15) is 24.9 Å². The van der Waals surface area contributed by atoms with Gasteiger partial charge >= 0.3 is 0 Å². The Kier molecular flexibility index (Phi) is 4.22. The molecule has 7 nitrogen and oxygen atoms in total. The van der Waals surface area contributed by atoms with Gasteiger partial charge in [0, 0.05) is 5.56 Å². The van der Waals surface area contributed by atoms with Gasteiger partial charge in [0.2, 0.25) is 0 Å². The Bertz CT molecular complexity index is 565. The quantitative estimate of drug-likeness (QED) is 0.624. The second-order valence-electron chi connectivity index (χ2n) is 3.63. The maximum absolute atomic E-state index is 11.5. The van der Waals surface area contributed by atoms with Crippen molar-refractivity contribution in [3.05, 3.63) is 42.5 Å². The van der Waals surface area contributed by atoms with Crippen molar-refractivity contribution in [1.29, 1.82) is 0 Å². The highest BCUT2D eigenvalue weighted by atomic mass is 16.5. The second-order valence-corrected chi connectivity index (χ2v) is 3.63. The molecule has 2 aromatic rings. The number of amides is 1. The molecule has 2 rings (SSSR count). The van der Waals surface area contributed by atoms with E-state index in [1.165, 1.54) is 23.6 Å². The minimum Gasteiger partial charge on any atom is -0.496 e. The van der Waals surface area contributed by atoms with Gasteiger partial charge in [0.25, 0.3) is 5.91 Å². The molecule has 0 spiro atoms. The number of nitrogens with one attached hydrogen (secondary N) is 1. The van der Waals surface area contributed by atoms with E-state index in [2.05, 4.69) is 20.6 Å². The van der Waals surface area contributed by atoms with Crippen molar-refractivity contribution >= 4 is 12.1 Å². The predicted octanol–water partition coefficient (Wildman–Crippen LogP) is 0.437. The Hall–Kier alpha value is -2.70. The summed E-state index contributed by atoms with van der Waals surface area (Å²) >= 11 is 0. The minimum absolute atomic E-state index is 0.0727. The van der Waals surface area contributed by atoms with Gasteiger partial charge in [-0.05, 0) is 12.1 Å². The number of ether oxygens (including phenoxy) is 1. The molecule has 0 aliphatic heterocycles. The van der Waals surface area contributed by atoms with Crippen molar-refractivity contribution in [3.8, 4) is 5.75 Å². The summed E-state index contributed by atoms with van der Waals surface area (Å²) in [5, 5.41) is 7.69. The van der Waals surface area contributed by atoms with Crippen LogP contribution in [0.4, 0.5) is 0 Å². The first-order valence-corrected chi connectivity index (χ1v) is 5.57. The summed E-state index contributed by atoms with van der Waals surface area (Å²) in [6, 6.07) is 7.38. The molecule has 0 atom stereocenters. The standard InChI is InChI=1S/C12H13N5O2/c1-19-11-5-3-2-4-10(11)6-14-16-12(18)7-17-9-13-8-15-17/h2-6,8-9H,7H2,1H3,(H,16,18)/b14-6+. The topological polar surface area (TPSA) is 81.4 Å². The van der Waals surface area contributed by atoms with Crippen molar-refractivity contribution in [1.82, 2.24) is 20.2 Å². The van der Waals surface area contributed by atoms with Gasteiger partial charge in [-0.1, -0.05) is 12.1 Å². The molecular weight excluding hydrogens is 246 g/mol. The van der Waals surface area contributed by atoms with E-state index in [0.29, 0.717) is 5.75 Å². The Morgan fingerprint density at radius 2 is 2.37 bits per heavy atom. The Labute approximate surface area is 109 Å². The summed E-state index contributed by atoms with van der Waals surface area (Å²) in [7, 11) is 1.58. The molecule has 1 amide bonds. The maximum atomic E-state index is 11.5. The van der Waals surface area contributed by atoms with Crippen LogP contribution >= 0.6 is 0 Å². The zero-order valence-corrected chi connectivity index (χ0v) is 10.4. The lowest BCUT2D eigenvalue weighted by atomic mass is 10.2. The smallest absolute Gasteiger partial charge is 0.261 e. The number of hydrogen-bond acceptors (Lipinski definition) is 5. The zero-order chi connectivity index (χ0) is 13.5. The van der Waals surface area contributed by atoms with E-state index >= 15 is 0 Å². The lowest BCUT2D eigenvalue weighted by molar-refractivity contribution is -0.121. The average Bonchev–Trinajstić information content (AvgIpc) is 2.92. The monoisotopic (exact) mass is 259 g/mol. The van der Waals surface area contributed by atoms with E-state index in [0.717, 1.165) is 5.56 Å². The summed E-state index contributed by atoms with van der Waals surface area (Å²) in [6.45, 7) is 0.0727. The van der Waals surface area contributed by atoms with Crippen LogP contribution in [-0.4, -0.2) is 34.0 Å². The fourth-order valence-electron chi connectivity index (χ4n) is 1.44. The number of rotatable bonds is 5. The van der Waals surface area contributed by atoms with Crippen LogP contribution in [0.2, 0.25) is 0 Å². The molecule has 0 saturated heterocycles. The van der Waals surface area contributed by atoms with Crippen LogP contribution in [0.3, 0.4) is 0 Å². The van der Waals surface area contributed by atoms with Gasteiger partial charge in [0.05, 0.1) is 13.3 Å². The highest BCUT2D eigenvalue weighted by Gasteiger charge is 2.01. The van der Waals surface area contributed by atoms with Crippen LogP contribution in [0.5, 0.6) is 5.75 Å². The van der Waals surface area contributed by atoms with Crippen LogP contribution in [0, 0.1) is 0 Å². The van der Waals surface area contributed by atoms with Crippen LogP contribution in [-0.2, 0) is 11.3 Å². The highest BCUT2D eigenvalue weighted by molar-refractivity contribution is 5.85. The third kappa shape index (κ3) is 3.63. The first-order chi connectivity index (χ1) is 9.29. The molecule has 0 saturated carbocycles. The largest absolute Gasteiger partial charge is 0.496 e. The lowest BCUT2D eigenvalue weighted by Crippen LogP contribution is -2.23. The summed E-state index contributed by atoms with van der Waals surface area (Å²) in [5.74, 6) is 0.411. The minimum atomic E-state index is -0.281. The van der Waals surface area contributed by atoms with Gasteiger partial charge in [0.15, 0.2) is 0 Å². The fourth-order valence-corrected chi connectivity index (χ4v) is 1.44. The van der Waals surface area contributed by atoms with Gasteiger partial charge in [-0.15, -0.1) is 0 Å². The lowest BCUT2D eigenvalue weighted by Gasteiger charge is -2.03. The molecule has 7 heteroatoms. The van der Waals surface area contributed by atoms with Crippen LogP contribution < -0.4 is 10.2 Å². The third-order valence-electron chi connectivity index (χ3n) is 2.30. The summed E-state index contributed by atoms with van der Waals surface area (Å²) in [5.41, 5.74) is 3.19. The molecule has 1 N–H and O–H groups in total. The van der Waals surface area contributed by atoms with Crippen LogP contribution in [0.15, 0.2) is 42.0 Å². The number of hydrazone groups is 1. The summed E-state index contributed by atoms with van der Waals surface area (Å²) in [4.78, 5) is 15.3. The van der Waals surface area contributed by atoms with E-state index in [4.69, 9.17) is 4.74 Å². The summed E-state index contributed by atoms with van der Waals surface area (Å²) < 4.78 is 6.57. The van der Waals surface area contributed by atoms with E-state index in [1.807, 2.05) is 24.3 Å². The molecule has 0 aliphatic carbocycles. The third-order valence-corrected chi connectivity index (χ3v) is 2.30. The number of carbonyl (C=O) groups excluding carboxylic acids is 1. The molecule has 1 heterocycles. The molecule has 0 fully saturated rings. The van der Waals surface area contributed by atoms with E-state index in [1.54, 1.807) is 7.11 Å². The van der Waals surface area contributed by atoms with Crippen molar-refractivity contribution < 1.29 is 9.53 Å². The number of hydrogen-bond donors (Lipinski definition) is 1. The number of benzene rings is 1. The first kappa shape index (κ1) is 12.7. The van der Waals surface area contributed by atoms with E-state index in [9.17, 15) is 4.79 Å². The van der Waals surface area contributed by atoms with Crippen molar-refractivity contribution in [2.45, 2.75) is 6.54 Å². The zero-order valence-electron chi connectivity index (χ0n) is 10.4. The van der Waals surface area contributed by atoms with Crippen LogP contribution in [0.25, 0.3) is 0 Å².